The van der Waals surface area contributed by atoms with Crippen molar-refractivity contribution >= 4 is 11.9 Å². The molecule has 4 heteroatoms. The summed E-state index contributed by atoms with van der Waals surface area (Å²) in [4.78, 5) is 23.2. The van der Waals surface area contributed by atoms with Crippen molar-refractivity contribution in [2.24, 2.45) is 0 Å². The monoisotopic (exact) mass is 595 g/mol. The van der Waals surface area contributed by atoms with Crippen molar-refractivity contribution in [1.29, 1.82) is 0 Å². The third kappa shape index (κ3) is 33.4. The van der Waals surface area contributed by atoms with Crippen LogP contribution in [0.5, 0.6) is 0 Å². The zero-order valence-corrected chi connectivity index (χ0v) is 28.6. The molecular weight excluding hydrogens is 520 g/mol. The van der Waals surface area contributed by atoms with Gasteiger partial charge in [0.1, 0.15) is 6.10 Å². The number of aliphatic carboxylic acids is 1. The van der Waals surface area contributed by atoms with Crippen LogP contribution in [0.1, 0.15) is 226 Å². The van der Waals surface area contributed by atoms with Crippen LogP contribution in [0.15, 0.2) is 0 Å². The smallest absolute Gasteiger partial charge is 0.306 e. The molecule has 0 aromatic heterocycles. The Morgan fingerprint density at radius 3 is 1.05 bits per heavy atom. The molecule has 250 valence electrons. The van der Waals surface area contributed by atoms with E-state index < -0.39 is 5.97 Å². The predicted octanol–water partition coefficient (Wildman–Crippen LogP) is 12.9. The lowest BCUT2D eigenvalue weighted by atomic mass is 10.0. The summed E-state index contributed by atoms with van der Waals surface area (Å²) in [5.74, 6) is -0.648. The van der Waals surface area contributed by atoms with Gasteiger partial charge in [-0.1, -0.05) is 174 Å². The summed E-state index contributed by atoms with van der Waals surface area (Å²) in [5, 5.41) is 8.73. The number of carbonyl (C=O) groups excluding carboxylic acids is 1. The van der Waals surface area contributed by atoms with Crippen molar-refractivity contribution in [3.8, 4) is 0 Å². The van der Waals surface area contributed by atoms with E-state index in [0.29, 0.717) is 12.8 Å². The Hall–Kier alpha value is -1.06. The molecule has 0 aromatic carbocycles. The van der Waals surface area contributed by atoms with Gasteiger partial charge in [0, 0.05) is 12.8 Å². The second-order valence-corrected chi connectivity index (χ2v) is 13.1. The number of rotatable bonds is 35. The van der Waals surface area contributed by atoms with Crippen LogP contribution in [0.2, 0.25) is 0 Å². The minimum absolute atomic E-state index is 0.0315. The summed E-state index contributed by atoms with van der Waals surface area (Å²) in [6.45, 7) is 4.55. The molecule has 0 aliphatic heterocycles. The molecule has 1 unspecified atom stereocenters. The Bertz CT molecular complexity index is 561. The zero-order chi connectivity index (χ0) is 30.8. The van der Waals surface area contributed by atoms with Gasteiger partial charge < -0.3 is 9.84 Å². The molecule has 1 N–H and O–H groups in total. The largest absolute Gasteiger partial charge is 0.481 e. The van der Waals surface area contributed by atoms with Gasteiger partial charge in [-0.3, -0.25) is 9.59 Å². The highest BCUT2D eigenvalue weighted by molar-refractivity contribution is 5.69. The Kier molecular flexibility index (Phi) is 33.6. The highest BCUT2D eigenvalue weighted by atomic mass is 16.5. The maximum atomic E-state index is 12.6. The van der Waals surface area contributed by atoms with Crippen molar-refractivity contribution in [3.63, 3.8) is 0 Å². The maximum absolute atomic E-state index is 12.6. The first-order valence-corrected chi connectivity index (χ1v) is 19.0. The molecule has 1 atom stereocenters. The molecule has 42 heavy (non-hydrogen) atoms. The first-order chi connectivity index (χ1) is 20.6. The third-order valence-corrected chi connectivity index (χ3v) is 8.83. The van der Waals surface area contributed by atoms with Crippen LogP contribution in [-0.2, 0) is 14.3 Å². The van der Waals surface area contributed by atoms with E-state index in [0.717, 1.165) is 51.4 Å². The summed E-state index contributed by atoms with van der Waals surface area (Å²) in [5.41, 5.74) is 0. The summed E-state index contributed by atoms with van der Waals surface area (Å²) < 4.78 is 6.02. The summed E-state index contributed by atoms with van der Waals surface area (Å²) in [6.07, 6.45) is 39.8. The SMILES string of the molecule is CCCCCCCCCCCCCCCC(=O)OC(CCCCCCCCCC)CCCCCCCCCCC(=O)O. The van der Waals surface area contributed by atoms with Crippen LogP contribution in [0.4, 0.5) is 0 Å². The molecule has 0 bridgehead atoms. The zero-order valence-electron chi connectivity index (χ0n) is 28.6. The fourth-order valence-corrected chi connectivity index (χ4v) is 6.01. The van der Waals surface area contributed by atoms with E-state index in [2.05, 4.69) is 13.8 Å². The van der Waals surface area contributed by atoms with Crippen LogP contribution in [-0.4, -0.2) is 23.1 Å². The lowest BCUT2D eigenvalue weighted by Gasteiger charge is -2.18. The van der Waals surface area contributed by atoms with Crippen molar-refractivity contribution in [2.45, 2.75) is 232 Å². The topological polar surface area (TPSA) is 63.6 Å². The molecule has 0 aliphatic carbocycles. The van der Waals surface area contributed by atoms with E-state index in [1.807, 2.05) is 0 Å². The highest BCUT2D eigenvalue weighted by Crippen LogP contribution is 2.19. The molecule has 0 aliphatic rings. The van der Waals surface area contributed by atoms with Gasteiger partial charge in [-0.25, -0.2) is 0 Å². The number of carbonyl (C=O) groups is 2. The van der Waals surface area contributed by atoms with Crippen LogP contribution in [0.25, 0.3) is 0 Å². The van der Waals surface area contributed by atoms with Gasteiger partial charge >= 0.3 is 11.9 Å². The van der Waals surface area contributed by atoms with Gasteiger partial charge in [-0.15, -0.1) is 0 Å². The number of hydrogen-bond donors (Lipinski definition) is 1. The van der Waals surface area contributed by atoms with Crippen molar-refractivity contribution in [3.05, 3.63) is 0 Å². The first-order valence-electron chi connectivity index (χ1n) is 19.0. The Labute approximate surface area is 262 Å². The number of carboxylic acid groups (broad SMARTS) is 1. The predicted molar refractivity (Wildman–Crippen MR) is 181 cm³/mol. The van der Waals surface area contributed by atoms with E-state index >= 15 is 0 Å². The molecule has 0 rings (SSSR count). The third-order valence-electron chi connectivity index (χ3n) is 8.83. The molecule has 0 saturated carbocycles. The molecular formula is C38H74O4. The molecule has 0 fully saturated rings. The maximum Gasteiger partial charge on any atom is 0.306 e. The summed E-state index contributed by atoms with van der Waals surface area (Å²) in [6, 6.07) is 0. The molecule has 0 aromatic rings. The van der Waals surface area contributed by atoms with E-state index in [1.165, 1.54) is 148 Å². The fourth-order valence-electron chi connectivity index (χ4n) is 6.01. The number of carboxylic acids is 1. The second kappa shape index (κ2) is 34.4. The number of hydrogen-bond acceptors (Lipinski definition) is 3. The highest BCUT2D eigenvalue weighted by Gasteiger charge is 2.14. The number of unbranched alkanes of at least 4 members (excludes halogenated alkanes) is 26. The average Bonchev–Trinajstić information content (AvgIpc) is 2.97. The van der Waals surface area contributed by atoms with Crippen LogP contribution >= 0.6 is 0 Å². The van der Waals surface area contributed by atoms with Crippen molar-refractivity contribution in [2.75, 3.05) is 0 Å². The van der Waals surface area contributed by atoms with E-state index in [-0.39, 0.29) is 12.1 Å². The Morgan fingerprint density at radius 1 is 0.429 bits per heavy atom. The first kappa shape index (κ1) is 40.9. The Balaban J connectivity index is 3.99. The molecule has 4 nitrogen and oxygen atoms in total. The van der Waals surface area contributed by atoms with Crippen molar-refractivity contribution < 1.29 is 19.4 Å². The summed E-state index contributed by atoms with van der Waals surface area (Å²) >= 11 is 0. The molecule has 0 saturated heterocycles. The number of esters is 1. The molecule has 0 amide bonds. The van der Waals surface area contributed by atoms with E-state index in [9.17, 15) is 9.59 Å². The fraction of sp³-hybridized carbons (Fsp3) is 0.947. The lowest BCUT2D eigenvalue weighted by Crippen LogP contribution is -2.18. The van der Waals surface area contributed by atoms with E-state index in [1.54, 1.807) is 0 Å². The van der Waals surface area contributed by atoms with Gasteiger partial charge in [0.15, 0.2) is 0 Å². The number of ether oxygens (including phenoxy) is 1. The normalized spacial score (nSPS) is 12.0. The van der Waals surface area contributed by atoms with Crippen LogP contribution in [0, 0.1) is 0 Å². The quantitative estimate of drug-likeness (QED) is 0.0585. The van der Waals surface area contributed by atoms with Crippen LogP contribution < -0.4 is 0 Å². The standard InChI is InChI=1S/C38H74O4/c1-3-5-7-9-11-13-14-15-16-17-23-27-31-35-38(41)42-36(32-28-24-20-12-10-8-6-4-2)33-29-25-21-18-19-22-26-30-34-37(39)40/h36H,3-35H2,1-2H3,(H,39,40). The van der Waals surface area contributed by atoms with Gasteiger partial charge in [-0.2, -0.15) is 0 Å². The Morgan fingerprint density at radius 2 is 0.714 bits per heavy atom. The summed E-state index contributed by atoms with van der Waals surface area (Å²) in [7, 11) is 0. The lowest BCUT2D eigenvalue weighted by molar-refractivity contribution is -0.150. The average molecular weight is 595 g/mol. The molecule has 0 radical (unpaired) electrons. The van der Waals surface area contributed by atoms with Gasteiger partial charge in [0.2, 0.25) is 0 Å². The minimum atomic E-state index is -0.679. The molecule has 0 heterocycles. The van der Waals surface area contributed by atoms with Crippen molar-refractivity contribution in [1.82, 2.24) is 0 Å². The minimum Gasteiger partial charge on any atom is -0.481 e. The molecule has 0 spiro atoms. The van der Waals surface area contributed by atoms with Gasteiger partial charge in [-0.05, 0) is 38.5 Å². The van der Waals surface area contributed by atoms with E-state index in [4.69, 9.17) is 9.84 Å². The second-order valence-electron chi connectivity index (χ2n) is 13.1. The van der Waals surface area contributed by atoms with Gasteiger partial charge in [0.25, 0.3) is 0 Å². The van der Waals surface area contributed by atoms with Gasteiger partial charge in [0.05, 0.1) is 0 Å². The van der Waals surface area contributed by atoms with Crippen LogP contribution in [0.3, 0.4) is 0 Å².